The van der Waals surface area contributed by atoms with E-state index in [4.69, 9.17) is 5.26 Å². The van der Waals surface area contributed by atoms with E-state index in [1.165, 1.54) is 11.8 Å². The van der Waals surface area contributed by atoms with Crippen molar-refractivity contribution in [2.45, 2.75) is 25.7 Å². The van der Waals surface area contributed by atoms with Gasteiger partial charge in [-0.25, -0.2) is 0 Å². The molecule has 2 N–H and O–H groups in total. The molecule has 7 heteroatoms. The van der Waals surface area contributed by atoms with Gasteiger partial charge in [0, 0.05) is 43.3 Å². The third-order valence-corrected chi connectivity index (χ3v) is 4.61. The summed E-state index contributed by atoms with van der Waals surface area (Å²) in [7, 11) is 0. The van der Waals surface area contributed by atoms with E-state index in [-0.39, 0.29) is 11.5 Å². The highest BCUT2D eigenvalue weighted by Gasteiger charge is 2.19. The first-order chi connectivity index (χ1) is 12.6. The van der Waals surface area contributed by atoms with Crippen LogP contribution in [-0.4, -0.2) is 42.9 Å². The van der Waals surface area contributed by atoms with Crippen molar-refractivity contribution in [3.63, 3.8) is 0 Å². The molecule has 1 fully saturated rings. The molecule has 138 valence electrons. The van der Waals surface area contributed by atoms with Crippen molar-refractivity contribution in [3.8, 4) is 6.07 Å². The number of nitrogens with one attached hydrogen (secondary N) is 2. The maximum Gasteiger partial charge on any atom is 0.263 e. The maximum absolute atomic E-state index is 12.0. The van der Waals surface area contributed by atoms with Gasteiger partial charge in [-0.1, -0.05) is 28.1 Å². The van der Waals surface area contributed by atoms with Gasteiger partial charge in [-0.2, -0.15) is 5.26 Å². The van der Waals surface area contributed by atoms with E-state index < -0.39 is 5.91 Å². The lowest BCUT2D eigenvalue weighted by molar-refractivity contribution is -0.127. The van der Waals surface area contributed by atoms with Crippen LogP contribution in [0.4, 0.5) is 0 Å². The average molecular weight is 419 g/mol. The van der Waals surface area contributed by atoms with Crippen molar-refractivity contribution in [2.75, 3.05) is 26.2 Å². The fourth-order valence-corrected chi connectivity index (χ4v) is 3.19. The predicted octanol–water partition coefficient (Wildman–Crippen LogP) is 2.12. The summed E-state index contributed by atoms with van der Waals surface area (Å²) < 4.78 is 1.03. The van der Waals surface area contributed by atoms with E-state index in [1.807, 2.05) is 35.2 Å². The molecule has 2 amide bonds. The van der Waals surface area contributed by atoms with Gasteiger partial charge in [0.2, 0.25) is 5.91 Å². The monoisotopic (exact) mass is 418 g/mol. The van der Waals surface area contributed by atoms with Crippen molar-refractivity contribution < 1.29 is 9.59 Å². The number of hydrogen-bond acceptors (Lipinski definition) is 4. The molecule has 0 bridgehead atoms. The van der Waals surface area contributed by atoms with Gasteiger partial charge >= 0.3 is 0 Å². The van der Waals surface area contributed by atoms with Crippen LogP contribution >= 0.6 is 15.9 Å². The van der Waals surface area contributed by atoms with Gasteiger partial charge in [-0.05, 0) is 37.0 Å². The van der Waals surface area contributed by atoms with Crippen LogP contribution in [0, 0.1) is 11.3 Å². The summed E-state index contributed by atoms with van der Waals surface area (Å²) in [6.45, 7) is 2.53. The Morgan fingerprint density at radius 2 is 2.23 bits per heavy atom. The molecule has 0 atom stereocenters. The van der Waals surface area contributed by atoms with E-state index in [1.54, 1.807) is 0 Å². The molecular formula is C19H23BrN4O2. The van der Waals surface area contributed by atoms with Crippen LogP contribution in [-0.2, 0) is 16.0 Å². The molecule has 0 aliphatic carbocycles. The zero-order chi connectivity index (χ0) is 18.8. The first-order valence-electron chi connectivity index (χ1n) is 8.74. The predicted molar refractivity (Wildman–Crippen MR) is 103 cm³/mol. The number of benzene rings is 1. The third kappa shape index (κ3) is 6.52. The van der Waals surface area contributed by atoms with Crippen molar-refractivity contribution >= 4 is 27.7 Å². The Morgan fingerprint density at radius 3 is 2.92 bits per heavy atom. The normalized spacial score (nSPS) is 14.2. The van der Waals surface area contributed by atoms with Gasteiger partial charge in [0.05, 0.1) is 0 Å². The molecule has 0 aromatic heterocycles. The molecule has 0 radical (unpaired) electrons. The van der Waals surface area contributed by atoms with Crippen LogP contribution in [0.5, 0.6) is 0 Å². The molecule has 1 saturated heterocycles. The molecule has 26 heavy (non-hydrogen) atoms. The van der Waals surface area contributed by atoms with Gasteiger partial charge < -0.3 is 15.5 Å². The molecule has 1 aromatic rings. The molecular weight excluding hydrogens is 396 g/mol. The maximum atomic E-state index is 12.0. The molecule has 1 aliphatic rings. The minimum Gasteiger partial charge on any atom is -0.389 e. The fourth-order valence-electron chi connectivity index (χ4n) is 2.74. The topological polar surface area (TPSA) is 85.2 Å². The van der Waals surface area contributed by atoms with Crippen molar-refractivity contribution in [3.05, 3.63) is 46.1 Å². The Hall–Kier alpha value is -2.33. The van der Waals surface area contributed by atoms with Gasteiger partial charge in [-0.15, -0.1) is 0 Å². The Morgan fingerprint density at radius 1 is 1.38 bits per heavy atom. The number of carbonyl (C=O) groups excluding carboxylic acids is 2. The van der Waals surface area contributed by atoms with Crippen LogP contribution in [0.3, 0.4) is 0 Å². The number of nitrogens with zero attached hydrogens (tertiary/aromatic N) is 2. The summed E-state index contributed by atoms with van der Waals surface area (Å²) in [5.74, 6) is -0.209. The van der Waals surface area contributed by atoms with E-state index in [2.05, 4.69) is 26.6 Å². The summed E-state index contributed by atoms with van der Waals surface area (Å²) in [5.41, 5.74) is 1.22. The second kappa shape index (κ2) is 10.6. The highest BCUT2D eigenvalue weighted by molar-refractivity contribution is 9.10. The fraction of sp³-hybridized carbons (Fsp3) is 0.421. The summed E-state index contributed by atoms with van der Waals surface area (Å²) >= 11 is 3.43. The lowest BCUT2D eigenvalue weighted by atomic mass is 10.1. The molecule has 2 rings (SSSR count). The molecule has 1 aliphatic heterocycles. The molecule has 0 spiro atoms. The number of nitriles is 1. The van der Waals surface area contributed by atoms with E-state index in [9.17, 15) is 9.59 Å². The molecule has 1 aromatic carbocycles. The van der Waals surface area contributed by atoms with Crippen LogP contribution in [0.1, 0.15) is 24.8 Å². The van der Waals surface area contributed by atoms with Crippen LogP contribution in [0.2, 0.25) is 0 Å². The van der Waals surface area contributed by atoms with Crippen molar-refractivity contribution in [2.24, 2.45) is 0 Å². The minimum absolute atomic E-state index is 0.0523. The van der Waals surface area contributed by atoms with Crippen LogP contribution < -0.4 is 10.6 Å². The molecule has 0 unspecified atom stereocenters. The van der Waals surface area contributed by atoms with Gasteiger partial charge in [0.15, 0.2) is 0 Å². The standard InChI is InChI=1S/C19H23BrN4O2/c20-17-5-1-4-15(12-17)7-9-22-14-16(13-21)19(26)23-8-3-11-24-10-2-6-18(24)25/h1,4-5,12,14,22H,2-3,6-11H2,(H,23,26)/b16-14-. The zero-order valence-corrected chi connectivity index (χ0v) is 16.2. The highest BCUT2D eigenvalue weighted by atomic mass is 79.9. The number of carbonyl (C=O) groups is 2. The Labute approximate surface area is 162 Å². The summed E-state index contributed by atoms with van der Waals surface area (Å²) in [6, 6.07) is 9.91. The van der Waals surface area contributed by atoms with Crippen LogP contribution in [0.15, 0.2) is 40.5 Å². The molecule has 1 heterocycles. The SMILES string of the molecule is N#C/C(=C/NCCc1cccc(Br)c1)C(=O)NCCCN1CCCC1=O. The quantitative estimate of drug-likeness (QED) is 0.365. The van der Waals surface area contributed by atoms with Crippen LogP contribution in [0.25, 0.3) is 0 Å². The average Bonchev–Trinajstić information content (AvgIpc) is 3.03. The summed E-state index contributed by atoms with van der Waals surface area (Å²) in [5, 5.41) is 14.9. The van der Waals surface area contributed by atoms with E-state index in [0.717, 1.165) is 23.9 Å². The second-order valence-corrected chi connectivity index (χ2v) is 7.01. The molecule has 0 saturated carbocycles. The van der Waals surface area contributed by atoms with Crippen molar-refractivity contribution in [1.29, 1.82) is 5.26 Å². The smallest absolute Gasteiger partial charge is 0.263 e. The number of amides is 2. The highest BCUT2D eigenvalue weighted by Crippen LogP contribution is 2.11. The second-order valence-electron chi connectivity index (χ2n) is 6.10. The summed E-state index contributed by atoms with van der Waals surface area (Å²) in [4.78, 5) is 25.3. The third-order valence-electron chi connectivity index (χ3n) is 4.12. The van der Waals surface area contributed by atoms with E-state index in [0.29, 0.717) is 32.5 Å². The van der Waals surface area contributed by atoms with Gasteiger partial charge in [0.25, 0.3) is 5.91 Å². The van der Waals surface area contributed by atoms with Crippen molar-refractivity contribution in [1.82, 2.24) is 15.5 Å². The number of halogens is 1. The van der Waals surface area contributed by atoms with Gasteiger partial charge in [0.1, 0.15) is 11.6 Å². The lowest BCUT2D eigenvalue weighted by Crippen LogP contribution is -2.31. The molecule has 6 nitrogen and oxygen atoms in total. The first-order valence-corrected chi connectivity index (χ1v) is 9.53. The van der Waals surface area contributed by atoms with E-state index >= 15 is 0 Å². The Bertz CT molecular complexity index is 712. The Kier molecular flexibility index (Phi) is 8.16. The largest absolute Gasteiger partial charge is 0.389 e. The minimum atomic E-state index is -0.393. The number of rotatable bonds is 9. The number of hydrogen-bond donors (Lipinski definition) is 2. The van der Waals surface area contributed by atoms with Gasteiger partial charge in [-0.3, -0.25) is 9.59 Å². The Balaban J connectivity index is 1.67. The summed E-state index contributed by atoms with van der Waals surface area (Å²) in [6.07, 6.45) is 4.47. The lowest BCUT2D eigenvalue weighted by Gasteiger charge is -2.15. The number of likely N-dealkylation sites (tertiary alicyclic amines) is 1. The first kappa shape index (κ1) is 20.0. The zero-order valence-electron chi connectivity index (χ0n) is 14.6.